The fourth-order valence-corrected chi connectivity index (χ4v) is 5.14. The van der Waals surface area contributed by atoms with Gasteiger partial charge in [0.15, 0.2) is 8.32 Å². The van der Waals surface area contributed by atoms with Crippen molar-refractivity contribution in [1.29, 1.82) is 5.26 Å². The number of nitrogens with zero attached hydrogens (tertiary/aromatic N) is 6. The minimum absolute atomic E-state index is 0.0592. The molecule has 4 rings (SSSR count). The zero-order valence-electron chi connectivity index (χ0n) is 23.4. The van der Waals surface area contributed by atoms with Crippen LogP contribution in [0.4, 0.5) is 11.6 Å². The Labute approximate surface area is 225 Å². The molecule has 1 fully saturated rings. The quantitative estimate of drug-likeness (QED) is 0.346. The van der Waals surface area contributed by atoms with E-state index < -0.39 is 8.32 Å². The SMILES string of the molecule is COC[C@H](C)n1c(C#N)cc2cnc(Nc3cn(CCO[Si](C)(C)C(C)(C)C)nc3O[C@@H]3CCOC3)nc21. The highest BCUT2D eigenvalue weighted by atomic mass is 28.4. The summed E-state index contributed by atoms with van der Waals surface area (Å²) in [4.78, 5) is 9.23. The second-order valence-electron chi connectivity index (χ2n) is 11.2. The van der Waals surface area contributed by atoms with Crippen molar-refractivity contribution in [1.82, 2.24) is 24.3 Å². The molecule has 0 aliphatic carbocycles. The lowest BCUT2D eigenvalue weighted by atomic mass is 10.2. The number of nitriles is 1. The molecule has 0 bridgehead atoms. The molecule has 2 atom stereocenters. The first kappa shape index (κ1) is 28.0. The lowest BCUT2D eigenvalue weighted by Gasteiger charge is -2.36. The number of hydrogen-bond acceptors (Lipinski definition) is 9. The van der Waals surface area contributed by atoms with Crippen LogP contribution in [0.15, 0.2) is 18.5 Å². The number of ether oxygens (including phenoxy) is 3. The van der Waals surface area contributed by atoms with Gasteiger partial charge in [-0.15, -0.1) is 5.10 Å². The Balaban J connectivity index is 1.59. The molecule has 0 radical (unpaired) electrons. The normalized spacial score (nSPS) is 17.1. The zero-order valence-corrected chi connectivity index (χ0v) is 24.4. The van der Waals surface area contributed by atoms with Crippen molar-refractivity contribution < 1.29 is 18.6 Å². The summed E-state index contributed by atoms with van der Waals surface area (Å²) in [6.45, 7) is 16.0. The molecule has 3 aromatic rings. The fraction of sp³-hybridized carbons (Fsp3) is 0.615. The molecular weight excluding hydrogens is 502 g/mol. The van der Waals surface area contributed by atoms with Gasteiger partial charge in [0, 0.05) is 25.1 Å². The molecule has 0 unspecified atom stereocenters. The lowest BCUT2D eigenvalue weighted by Crippen LogP contribution is -2.41. The molecule has 0 saturated carbocycles. The number of nitrogens with one attached hydrogen (secondary N) is 1. The highest BCUT2D eigenvalue weighted by Gasteiger charge is 2.37. The summed E-state index contributed by atoms with van der Waals surface area (Å²) < 4.78 is 27.1. The summed E-state index contributed by atoms with van der Waals surface area (Å²) in [6, 6.07) is 3.97. The van der Waals surface area contributed by atoms with Crippen molar-refractivity contribution in [2.75, 3.05) is 38.9 Å². The van der Waals surface area contributed by atoms with E-state index in [2.05, 4.69) is 50.2 Å². The van der Waals surface area contributed by atoms with Crippen LogP contribution in [0, 0.1) is 11.3 Å². The van der Waals surface area contributed by atoms with Crippen LogP contribution in [0.5, 0.6) is 5.88 Å². The van der Waals surface area contributed by atoms with Crippen LogP contribution in [0.1, 0.15) is 45.9 Å². The Morgan fingerprint density at radius 1 is 1.34 bits per heavy atom. The van der Waals surface area contributed by atoms with Gasteiger partial charge in [0.1, 0.15) is 29.2 Å². The van der Waals surface area contributed by atoms with Crippen LogP contribution in [0.2, 0.25) is 18.1 Å². The smallest absolute Gasteiger partial charge is 0.257 e. The van der Waals surface area contributed by atoms with Gasteiger partial charge in [-0.2, -0.15) is 10.2 Å². The summed E-state index contributed by atoms with van der Waals surface area (Å²) in [5, 5.41) is 18.6. The van der Waals surface area contributed by atoms with E-state index >= 15 is 0 Å². The standard InChI is InChI=1S/C26H39N7O4Si/c1-18(16-34-5)33-20(13-27)12-19-14-28-25(30-23(19)33)29-22-15-32(9-11-36-38(6,7)26(2,3)4)31-24(22)37-21-8-10-35-17-21/h12,14-15,18,21H,8-11,16-17H2,1-7H3,(H,28,29,30)/t18-,21+/m0/s1. The largest absolute Gasteiger partial charge is 0.469 e. The molecule has 3 aromatic heterocycles. The van der Waals surface area contributed by atoms with Gasteiger partial charge in [-0.1, -0.05) is 20.8 Å². The van der Waals surface area contributed by atoms with E-state index in [9.17, 15) is 5.26 Å². The molecule has 1 N–H and O–H groups in total. The number of anilines is 2. The van der Waals surface area contributed by atoms with E-state index in [1.54, 1.807) is 19.4 Å². The van der Waals surface area contributed by atoms with Crippen LogP contribution in [0.3, 0.4) is 0 Å². The predicted molar refractivity (Wildman–Crippen MR) is 147 cm³/mol. The second kappa shape index (κ2) is 11.4. The Kier molecular flexibility index (Phi) is 8.42. The predicted octanol–water partition coefficient (Wildman–Crippen LogP) is 4.64. The van der Waals surface area contributed by atoms with E-state index in [-0.39, 0.29) is 17.2 Å². The molecule has 11 nitrogen and oxygen atoms in total. The Bertz CT molecular complexity index is 1290. The summed E-state index contributed by atoms with van der Waals surface area (Å²) in [6.07, 6.45) is 4.35. The molecule has 1 saturated heterocycles. The minimum Gasteiger partial charge on any atom is -0.469 e. The third kappa shape index (κ3) is 6.18. The monoisotopic (exact) mass is 541 g/mol. The lowest BCUT2D eigenvalue weighted by molar-refractivity contribution is 0.137. The van der Waals surface area contributed by atoms with Gasteiger partial charge in [0.25, 0.3) is 5.88 Å². The van der Waals surface area contributed by atoms with E-state index in [0.717, 1.165) is 11.8 Å². The van der Waals surface area contributed by atoms with Crippen LogP contribution in [0.25, 0.3) is 11.0 Å². The minimum atomic E-state index is -1.86. The zero-order chi connectivity index (χ0) is 27.5. The molecule has 12 heteroatoms. The van der Waals surface area contributed by atoms with Crippen LogP contribution in [-0.2, 0) is 20.4 Å². The van der Waals surface area contributed by atoms with E-state index in [4.69, 9.17) is 28.7 Å². The molecule has 0 aromatic carbocycles. The average Bonchev–Trinajstić information content (AvgIpc) is 3.57. The Morgan fingerprint density at radius 3 is 2.79 bits per heavy atom. The van der Waals surface area contributed by atoms with Gasteiger partial charge in [-0.05, 0) is 31.1 Å². The number of rotatable bonds is 11. The van der Waals surface area contributed by atoms with Crippen LogP contribution < -0.4 is 10.1 Å². The van der Waals surface area contributed by atoms with Gasteiger partial charge in [-0.3, -0.25) is 4.68 Å². The highest BCUT2D eigenvalue weighted by Crippen LogP contribution is 2.36. The van der Waals surface area contributed by atoms with Gasteiger partial charge >= 0.3 is 0 Å². The fourth-order valence-electron chi connectivity index (χ4n) is 4.10. The first-order valence-corrected chi connectivity index (χ1v) is 15.9. The first-order chi connectivity index (χ1) is 18.0. The maximum atomic E-state index is 9.66. The molecule has 1 aliphatic rings. The van der Waals surface area contributed by atoms with Crippen molar-refractivity contribution >= 4 is 31.0 Å². The van der Waals surface area contributed by atoms with Crippen molar-refractivity contribution in [3.05, 3.63) is 24.2 Å². The Morgan fingerprint density at radius 2 is 2.13 bits per heavy atom. The van der Waals surface area contributed by atoms with Crippen LogP contribution in [-0.4, -0.2) is 72.3 Å². The molecule has 38 heavy (non-hydrogen) atoms. The van der Waals surface area contributed by atoms with Crippen LogP contribution >= 0.6 is 0 Å². The third-order valence-electron chi connectivity index (χ3n) is 7.27. The van der Waals surface area contributed by atoms with Crippen molar-refractivity contribution in [3.8, 4) is 11.9 Å². The molecular formula is C26H39N7O4Si. The summed E-state index contributed by atoms with van der Waals surface area (Å²) in [5.41, 5.74) is 1.83. The van der Waals surface area contributed by atoms with Crippen molar-refractivity contribution in [2.45, 2.75) is 70.9 Å². The molecule has 206 valence electrons. The molecule has 4 heterocycles. The summed E-state index contributed by atoms with van der Waals surface area (Å²) in [7, 11) is -0.222. The Hall–Kier alpha value is -2.98. The number of fused-ring (bicyclic) bond motifs is 1. The molecule has 1 aliphatic heterocycles. The van der Waals surface area contributed by atoms with E-state index in [1.165, 1.54) is 0 Å². The topological polar surface area (TPSA) is 121 Å². The summed E-state index contributed by atoms with van der Waals surface area (Å²) >= 11 is 0. The first-order valence-electron chi connectivity index (χ1n) is 13.0. The molecule has 0 spiro atoms. The maximum Gasteiger partial charge on any atom is 0.257 e. The van der Waals surface area contributed by atoms with E-state index in [1.807, 2.05) is 22.4 Å². The van der Waals surface area contributed by atoms with Gasteiger partial charge in [-0.25, -0.2) is 4.98 Å². The third-order valence-corrected chi connectivity index (χ3v) is 11.8. The van der Waals surface area contributed by atoms with Gasteiger partial charge in [0.2, 0.25) is 5.95 Å². The van der Waals surface area contributed by atoms with Crippen molar-refractivity contribution in [3.63, 3.8) is 0 Å². The number of aromatic nitrogens is 5. The van der Waals surface area contributed by atoms with Crippen molar-refractivity contribution in [2.24, 2.45) is 0 Å². The van der Waals surface area contributed by atoms with Gasteiger partial charge in [0.05, 0.1) is 45.2 Å². The number of hydrogen-bond donors (Lipinski definition) is 1. The average molecular weight is 542 g/mol. The van der Waals surface area contributed by atoms with E-state index in [0.29, 0.717) is 61.8 Å². The molecule has 0 amide bonds. The maximum absolute atomic E-state index is 9.66. The second-order valence-corrected chi connectivity index (χ2v) is 16.0. The number of methoxy groups -OCH3 is 1. The highest BCUT2D eigenvalue weighted by molar-refractivity contribution is 6.74. The van der Waals surface area contributed by atoms with Gasteiger partial charge < -0.3 is 28.5 Å². The summed E-state index contributed by atoms with van der Waals surface area (Å²) in [5.74, 6) is 0.855.